The summed E-state index contributed by atoms with van der Waals surface area (Å²) in [6, 6.07) is 17.0. The van der Waals surface area contributed by atoms with E-state index >= 15 is 0 Å². The van der Waals surface area contributed by atoms with Crippen LogP contribution in [0.3, 0.4) is 0 Å². The van der Waals surface area contributed by atoms with Crippen molar-refractivity contribution in [2.24, 2.45) is 11.8 Å². The first-order chi connectivity index (χ1) is 13.5. The molecule has 2 amide bonds. The Bertz CT molecular complexity index is 802. The van der Waals surface area contributed by atoms with Crippen molar-refractivity contribution in [1.82, 2.24) is 10.2 Å². The Labute approximate surface area is 166 Å². The summed E-state index contributed by atoms with van der Waals surface area (Å²) in [7, 11) is 1.63. The van der Waals surface area contributed by atoms with Gasteiger partial charge < -0.3 is 15.0 Å². The number of benzene rings is 2. The van der Waals surface area contributed by atoms with Crippen LogP contribution in [0.15, 0.2) is 54.6 Å². The fourth-order valence-corrected chi connectivity index (χ4v) is 3.62. The Morgan fingerprint density at radius 1 is 1.07 bits per heavy atom. The van der Waals surface area contributed by atoms with Crippen LogP contribution in [0.2, 0.25) is 0 Å². The van der Waals surface area contributed by atoms with Gasteiger partial charge in [-0.25, -0.2) is 0 Å². The van der Waals surface area contributed by atoms with Crippen LogP contribution in [0.4, 0.5) is 0 Å². The third kappa shape index (κ3) is 4.53. The monoisotopic (exact) mass is 380 g/mol. The van der Waals surface area contributed by atoms with Gasteiger partial charge in [-0.1, -0.05) is 44.2 Å². The molecule has 0 radical (unpaired) electrons. The summed E-state index contributed by atoms with van der Waals surface area (Å²) in [4.78, 5) is 27.6. The second kappa shape index (κ2) is 8.91. The summed E-state index contributed by atoms with van der Waals surface area (Å²) in [5.74, 6) is 0.841. The third-order valence-corrected chi connectivity index (χ3v) is 5.19. The normalized spacial score (nSPS) is 18.9. The van der Waals surface area contributed by atoms with Gasteiger partial charge in [0.1, 0.15) is 5.75 Å². The smallest absolute Gasteiger partial charge is 0.253 e. The van der Waals surface area contributed by atoms with Crippen LogP contribution < -0.4 is 10.1 Å². The second-order valence-electron chi connectivity index (χ2n) is 7.70. The molecule has 148 valence electrons. The van der Waals surface area contributed by atoms with Crippen molar-refractivity contribution in [1.29, 1.82) is 0 Å². The Balaban J connectivity index is 1.83. The van der Waals surface area contributed by atoms with E-state index in [1.54, 1.807) is 12.0 Å². The molecule has 0 saturated carbocycles. The molecule has 1 aliphatic rings. The van der Waals surface area contributed by atoms with E-state index in [2.05, 4.69) is 19.2 Å². The highest BCUT2D eigenvalue weighted by Crippen LogP contribution is 2.34. The van der Waals surface area contributed by atoms with Gasteiger partial charge in [0.25, 0.3) is 5.91 Å². The van der Waals surface area contributed by atoms with Crippen molar-refractivity contribution in [3.05, 3.63) is 65.7 Å². The van der Waals surface area contributed by atoms with Gasteiger partial charge in [-0.05, 0) is 35.7 Å². The maximum Gasteiger partial charge on any atom is 0.253 e. The van der Waals surface area contributed by atoms with Gasteiger partial charge in [0.05, 0.1) is 13.0 Å². The molecule has 0 unspecified atom stereocenters. The van der Waals surface area contributed by atoms with Crippen LogP contribution in [-0.4, -0.2) is 43.5 Å². The maximum absolute atomic E-state index is 12.9. The van der Waals surface area contributed by atoms with E-state index in [4.69, 9.17) is 4.74 Å². The zero-order chi connectivity index (χ0) is 20.1. The highest BCUT2D eigenvalue weighted by molar-refractivity contribution is 5.95. The van der Waals surface area contributed by atoms with E-state index in [-0.39, 0.29) is 23.7 Å². The number of nitrogens with zero attached hydrogens (tertiary/aromatic N) is 1. The first-order valence-corrected chi connectivity index (χ1v) is 9.75. The topological polar surface area (TPSA) is 58.6 Å². The zero-order valence-electron chi connectivity index (χ0n) is 16.7. The first-order valence-electron chi connectivity index (χ1n) is 9.75. The number of rotatable bonds is 6. The van der Waals surface area contributed by atoms with Crippen LogP contribution in [0.5, 0.6) is 5.75 Å². The zero-order valence-corrected chi connectivity index (χ0v) is 16.7. The number of methoxy groups -OCH3 is 1. The van der Waals surface area contributed by atoms with Crippen molar-refractivity contribution < 1.29 is 14.3 Å². The number of carbonyl (C=O) groups is 2. The Hall–Kier alpha value is -2.82. The highest BCUT2D eigenvalue weighted by Gasteiger charge is 2.40. The van der Waals surface area contributed by atoms with Crippen molar-refractivity contribution in [2.75, 3.05) is 26.7 Å². The number of likely N-dealkylation sites (tertiary alicyclic amines) is 1. The minimum Gasteiger partial charge on any atom is -0.497 e. The maximum atomic E-state index is 12.9. The van der Waals surface area contributed by atoms with E-state index in [1.165, 1.54) is 0 Å². The van der Waals surface area contributed by atoms with E-state index < -0.39 is 0 Å². The minimum absolute atomic E-state index is 0.0119. The fraction of sp³-hybridized carbons (Fsp3) is 0.391. The molecule has 0 aromatic heterocycles. The Morgan fingerprint density at radius 3 is 2.36 bits per heavy atom. The molecule has 1 aliphatic heterocycles. The summed E-state index contributed by atoms with van der Waals surface area (Å²) in [5.41, 5.74) is 1.70. The largest absolute Gasteiger partial charge is 0.497 e. The van der Waals surface area contributed by atoms with Gasteiger partial charge in [-0.15, -0.1) is 0 Å². The van der Waals surface area contributed by atoms with Crippen molar-refractivity contribution in [2.45, 2.75) is 19.8 Å². The van der Waals surface area contributed by atoms with E-state index in [1.807, 2.05) is 54.6 Å². The minimum atomic E-state index is -0.264. The van der Waals surface area contributed by atoms with Gasteiger partial charge in [0.15, 0.2) is 0 Å². The average molecular weight is 380 g/mol. The van der Waals surface area contributed by atoms with Crippen molar-refractivity contribution >= 4 is 11.8 Å². The summed E-state index contributed by atoms with van der Waals surface area (Å²) in [6.07, 6.45) is 0. The lowest BCUT2D eigenvalue weighted by Gasteiger charge is -2.19. The lowest BCUT2D eigenvalue weighted by Crippen LogP contribution is -2.37. The van der Waals surface area contributed by atoms with E-state index in [0.717, 1.165) is 11.3 Å². The predicted octanol–water partition coefficient (Wildman–Crippen LogP) is 3.32. The van der Waals surface area contributed by atoms with Gasteiger partial charge in [0, 0.05) is 31.1 Å². The number of nitrogens with one attached hydrogen (secondary N) is 1. The lowest BCUT2D eigenvalue weighted by atomic mass is 9.88. The summed E-state index contributed by atoms with van der Waals surface area (Å²) >= 11 is 0. The molecule has 0 aliphatic carbocycles. The SMILES string of the molecule is COc1ccc([C@H]2CN(C(=O)c3ccccc3)C[C@H]2C(=O)NCC(C)C)cc1. The summed E-state index contributed by atoms with van der Waals surface area (Å²) in [5, 5.41) is 3.04. The molecular formula is C23H28N2O3. The van der Waals surface area contributed by atoms with Crippen molar-refractivity contribution in [3.63, 3.8) is 0 Å². The molecule has 1 saturated heterocycles. The molecule has 1 N–H and O–H groups in total. The molecule has 2 aromatic carbocycles. The van der Waals surface area contributed by atoms with Gasteiger partial charge >= 0.3 is 0 Å². The first kappa shape index (κ1) is 19.9. The van der Waals surface area contributed by atoms with E-state index in [9.17, 15) is 9.59 Å². The molecule has 2 atom stereocenters. The molecule has 5 nitrogen and oxygen atoms in total. The molecule has 3 rings (SSSR count). The van der Waals surface area contributed by atoms with Crippen LogP contribution in [0.1, 0.15) is 35.7 Å². The van der Waals surface area contributed by atoms with Crippen LogP contribution >= 0.6 is 0 Å². The number of hydrogen-bond donors (Lipinski definition) is 1. The highest BCUT2D eigenvalue weighted by atomic mass is 16.5. The van der Waals surface area contributed by atoms with E-state index in [0.29, 0.717) is 31.1 Å². The van der Waals surface area contributed by atoms with Crippen LogP contribution in [0, 0.1) is 11.8 Å². The molecule has 0 bridgehead atoms. The van der Waals surface area contributed by atoms with Crippen LogP contribution in [-0.2, 0) is 4.79 Å². The quantitative estimate of drug-likeness (QED) is 0.836. The summed E-state index contributed by atoms with van der Waals surface area (Å²) < 4.78 is 5.24. The molecule has 0 spiro atoms. The number of hydrogen-bond acceptors (Lipinski definition) is 3. The van der Waals surface area contributed by atoms with Crippen molar-refractivity contribution in [3.8, 4) is 5.75 Å². The van der Waals surface area contributed by atoms with Gasteiger partial charge in [0.2, 0.25) is 5.91 Å². The predicted molar refractivity (Wildman–Crippen MR) is 109 cm³/mol. The average Bonchev–Trinajstić information content (AvgIpc) is 3.17. The van der Waals surface area contributed by atoms with Crippen LogP contribution in [0.25, 0.3) is 0 Å². The molecule has 28 heavy (non-hydrogen) atoms. The molecule has 1 fully saturated rings. The number of ether oxygens (including phenoxy) is 1. The second-order valence-corrected chi connectivity index (χ2v) is 7.70. The Kier molecular flexibility index (Phi) is 6.34. The van der Waals surface area contributed by atoms with Gasteiger partial charge in [-0.2, -0.15) is 0 Å². The number of carbonyl (C=O) groups excluding carboxylic acids is 2. The standard InChI is InChI=1S/C23H28N2O3/c1-16(2)13-24-22(26)21-15-25(23(27)18-7-5-4-6-8-18)14-20(21)17-9-11-19(28-3)12-10-17/h4-12,16,20-21H,13-15H2,1-3H3,(H,24,26)/t20-,21-/m1/s1. The molecule has 1 heterocycles. The lowest BCUT2D eigenvalue weighted by molar-refractivity contribution is -0.125. The fourth-order valence-electron chi connectivity index (χ4n) is 3.62. The molecular weight excluding hydrogens is 352 g/mol. The summed E-state index contributed by atoms with van der Waals surface area (Å²) in [6.45, 7) is 5.73. The Morgan fingerprint density at radius 2 is 1.75 bits per heavy atom. The number of amides is 2. The third-order valence-electron chi connectivity index (χ3n) is 5.19. The molecule has 2 aromatic rings. The molecule has 5 heteroatoms. The van der Waals surface area contributed by atoms with Gasteiger partial charge in [-0.3, -0.25) is 9.59 Å².